The van der Waals surface area contributed by atoms with Gasteiger partial charge in [0.1, 0.15) is 0 Å². The average molecular weight is 279 g/mol. The zero-order valence-corrected chi connectivity index (χ0v) is 13.6. The van der Waals surface area contributed by atoms with Gasteiger partial charge >= 0.3 is 0 Å². The maximum absolute atomic E-state index is 3.98. The predicted octanol–water partition coefficient (Wildman–Crippen LogP) is 2.43. The van der Waals surface area contributed by atoms with Gasteiger partial charge in [0.25, 0.3) is 0 Å². The van der Waals surface area contributed by atoms with Gasteiger partial charge < -0.3 is 5.32 Å². The lowest BCUT2D eigenvalue weighted by Gasteiger charge is -2.40. The van der Waals surface area contributed by atoms with Crippen LogP contribution in [0.5, 0.6) is 0 Å². The van der Waals surface area contributed by atoms with Crippen molar-refractivity contribution in [3.63, 3.8) is 0 Å². The fourth-order valence-corrected chi connectivity index (χ4v) is 4.44. The van der Waals surface area contributed by atoms with E-state index >= 15 is 0 Å². The summed E-state index contributed by atoms with van der Waals surface area (Å²) in [5.41, 5.74) is 0.398. The second kappa shape index (κ2) is 5.94. The molecule has 3 saturated heterocycles. The van der Waals surface area contributed by atoms with Crippen molar-refractivity contribution >= 4 is 0 Å². The van der Waals surface area contributed by atoms with Crippen molar-refractivity contribution in [3.8, 4) is 0 Å². The lowest BCUT2D eigenvalue weighted by Crippen LogP contribution is -2.53. The van der Waals surface area contributed by atoms with E-state index in [0.717, 1.165) is 11.8 Å². The van der Waals surface area contributed by atoms with Crippen LogP contribution in [0.25, 0.3) is 0 Å². The summed E-state index contributed by atoms with van der Waals surface area (Å²) < 4.78 is 0. The maximum atomic E-state index is 3.98. The van der Waals surface area contributed by atoms with E-state index in [-0.39, 0.29) is 0 Å². The number of likely N-dealkylation sites (tertiary alicyclic amines) is 1. The Kier molecular flexibility index (Phi) is 4.40. The summed E-state index contributed by atoms with van der Waals surface area (Å²) in [6.45, 7) is 12.2. The molecule has 3 nitrogen and oxygen atoms in total. The fraction of sp³-hybridized carbons (Fsp3) is 1.00. The Morgan fingerprint density at radius 2 is 2.00 bits per heavy atom. The van der Waals surface area contributed by atoms with Crippen LogP contribution in [-0.2, 0) is 0 Å². The number of nitrogens with zero attached hydrogens (tertiary/aromatic N) is 1. The van der Waals surface area contributed by atoms with Gasteiger partial charge in [-0.15, -0.1) is 0 Å². The quantitative estimate of drug-likeness (QED) is 0.813. The normalized spacial score (nSPS) is 39.8. The average Bonchev–Trinajstić information content (AvgIpc) is 2.85. The third kappa shape index (κ3) is 3.20. The van der Waals surface area contributed by atoms with Gasteiger partial charge in [-0.3, -0.25) is 10.2 Å². The Morgan fingerprint density at radius 1 is 1.15 bits per heavy atom. The van der Waals surface area contributed by atoms with Gasteiger partial charge in [-0.05, 0) is 69.0 Å². The molecular formula is C17H33N3. The topological polar surface area (TPSA) is 27.3 Å². The molecule has 0 spiro atoms. The largest absolute Gasteiger partial charge is 0.316 e. The van der Waals surface area contributed by atoms with Crippen LogP contribution < -0.4 is 10.6 Å². The van der Waals surface area contributed by atoms with Gasteiger partial charge in [0.2, 0.25) is 0 Å². The number of rotatable bonds is 2. The summed E-state index contributed by atoms with van der Waals surface area (Å²) in [4.78, 5) is 2.78. The standard InChI is InChI=1S/C17H33N3/c1-17(2,3)15-10-14-7-5-9-20(16(14)19-15)12-13-6-4-8-18-11-13/h13-16,18-19H,4-12H2,1-3H3. The second-order valence-corrected chi connectivity index (χ2v) is 8.38. The number of piperidine rings is 2. The number of hydrogen-bond donors (Lipinski definition) is 2. The molecule has 3 heterocycles. The molecule has 116 valence electrons. The second-order valence-electron chi connectivity index (χ2n) is 8.38. The summed E-state index contributed by atoms with van der Waals surface area (Å²) in [6, 6.07) is 0.697. The third-order valence-electron chi connectivity index (χ3n) is 5.71. The Labute approximate surface area is 124 Å². The smallest absolute Gasteiger partial charge is 0.0629 e. The van der Waals surface area contributed by atoms with Crippen LogP contribution in [0.3, 0.4) is 0 Å². The first-order valence-electron chi connectivity index (χ1n) is 8.75. The monoisotopic (exact) mass is 279 g/mol. The Hall–Kier alpha value is -0.120. The highest BCUT2D eigenvalue weighted by atomic mass is 15.3. The van der Waals surface area contributed by atoms with Crippen molar-refractivity contribution in [2.75, 3.05) is 26.2 Å². The first kappa shape index (κ1) is 14.8. The molecular weight excluding hydrogens is 246 g/mol. The van der Waals surface area contributed by atoms with E-state index in [9.17, 15) is 0 Å². The molecule has 3 aliphatic rings. The first-order valence-corrected chi connectivity index (χ1v) is 8.75. The number of nitrogens with one attached hydrogen (secondary N) is 2. The van der Waals surface area contributed by atoms with Gasteiger partial charge in [-0.25, -0.2) is 0 Å². The van der Waals surface area contributed by atoms with E-state index in [1.165, 1.54) is 58.3 Å². The van der Waals surface area contributed by atoms with Crippen molar-refractivity contribution in [2.45, 2.75) is 65.1 Å². The Morgan fingerprint density at radius 3 is 2.70 bits per heavy atom. The van der Waals surface area contributed by atoms with Crippen LogP contribution in [-0.4, -0.2) is 43.3 Å². The molecule has 0 radical (unpaired) electrons. The summed E-state index contributed by atoms with van der Waals surface area (Å²) >= 11 is 0. The first-order chi connectivity index (χ1) is 9.54. The molecule has 20 heavy (non-hydrogen) atoms. The highest BCUT2D eigenvalue weighted by molar-refractivity contribution is 4.98. The molecule has 3 rings (SSSR count). The van der Waals surface area contributed by atoms with Crippen molar-refractivity contribution < 1.29 is 0 Å². The molecule has 4 unspecified atom stereocenters. The molecule has 0 aromatic heterocycles. The van der Waals surface area contributed by atoms with E-state index in [1.54, 1.807) is 0 Å². The molecule has 3 fully saturated rings. The number of fused-ring (bicyclic) bond motifs is 1. The fourth-order valence-electron chi connectivity index (χ4n) is 4.44. The minimum atomic E-state index is 0.398. The highest BCUT2D eigenvalue weighted by Gasteiger charge is 2.43. The minimum absolute atomic E-state index is 0.398. The molecule has 2 N–H and O–H groups in total. The molecule has 0 saturated carbocycles. The highest BCUT2D eigenvalue weighted by Crippen LogP contribution is 2.38. The van der Waals surface area contributed by atoms with Crippen LogP contribution in [0.15, 0.2) is 0 Å². The molecule has 3 heteroatoms. The van der Waals surface area contributed by atoms with Crippen molar-refractivity contribution in [3.05, 3.63) is 0 Å². The van der Waals surface area contributed by atoms with Gasteiger partial charge in [0, 0.05) is 12.6 Å². The van der Waals surface area contributed by atoms with E-state index in [4.69, 9.17) is 0 Å². The zero-order chi connectivity index (χ0) is 14.2. The molecule has 3 aliphatic heterocycles. The van der Waals surface area contributed by atoms with Crippen LogP contribution in [0.1, 0.15) is 52.9 Å². The molecule has 0 amide bonds. The van der Waals surface area contributed by atoms with E-state index in [1.807, 2.05) is 0 Å². The number of hydrogen-bond acceptors (Lipinski definition) is 3. The Bertz CT molecular complexity index is 317. The molecule has 0 aliphatic carbocycles. The van der Waals surface area contributed by atoms with Crippen LogP contribution in [0.4, 0.5) is 0 Å². The van der Waals surface area contributed by atoms with Crippen molar-refractivity contribution in [1.29, 1.82) is 0 Å². The van der Waals surface area contributed by atoms with Crippen LogP contribution in [0, 0.1) is 17.3 Å². The molecule has 0 bridgehead atoms. The van der Waals surface area contributed by atoms with Gasteiger partial charge in [0.05, 0.1) is 6.17 Å². The van der Waals surface area contributed by atoms with E-state index in [2.05, 4.69) is 36.3 Å². The summed E-state index contributed by atoms with van der Waals surface area (Å²) in [5.74, 6) is 1.77. The molecule has 4 atom stereocenters. The summed E-state index contributed by atoms with van der Waals surface area (Å²) in [7, 11) is 0. The van der Waals surface area contributed by atoms with E-state index in [0.29, 0.717) is 17.6 Å². The van der Waals surface area contributed by atoms with Crippen molar-refractivity contribution in [1.82, 2.24) is 15.5 Å². The van der Waals surface area contributed by atoms with Gasteiger partial charge in [0.15, 0.2) is 0 Å². The van der Waals surface area contributed by atoms with Crippen LogP contribution in [0.2, 0.25) is 0 Å². The summed E-state index contributed by atoms with van der Waals surface area (Å²) in [6.07, 6.45) is 7.67. The van der Waals surface area contributed by atoms with Gasteiger partial charge in [-0.2, -0.15) is 0 Å². The van der Waals surface area contributed by atoms with Crippen molar-refractivity contribution in [2.24, 2.45) is 17.3 Å². The lowest BCUT2D eigenvalue weighted by atomic mass is 9.83. The van der Waals surface area contributed by atoms with Gasteiger partial charge in [-0.1, -0.05) is 20.8 Å². The SMILES string of the molecule is CC(C)(C)C1CC2CCCN(CC3CCCNC3)C2N1. The summed E-state index contributed by atoms with van der Waals surface area (Å²) in [5, 5.41) is 7.55. The minimum Gasteiger partial charge on any atom is -0.316 e. The predicted molar refractivity (Wildman–Crippen MR) is 84.7 cm³/mol. The zero-order valence-electron chi connectivity index (χ0n) is 13.6. The van der Waals surface area contributed by atoms with E-state index < -0.39 is 0 Å². The molecule has 0 aromatic carbocycles. The maximum Gasteiger partial charge on any atom is 0.0629 e. The Balaban J connectivity index is 1.61. The van der Waals surface area contributed by atoms with Crippen LogP contribution >= 0.6 is 0 Å². The third-order valence-corrected chi connectivity index (χ3v) is 5.71. The molecule has 0 aromatic rings. The lowest BCUT2D eigenvalue weighted by molar-refractivity contribution is 0.0739.